The molecule has 0 saturated heterocycles. The lowest BCUT2D eigenvalue weighted by molar-refractivity contribution is -0.0498. The third-order valence-electron chi connectivity index (χ3n) is 3.95. The summed E-state index contributed by atoms with van der Waals surface area (Å²) in [5, 5.41) is 0. The van der Waals surface area contributed by atoms with Gasteiger partial charge < -0.3 is 4.74 Å². The van der Waals surface area contributed by atoms with Crippen molar-refractivity contribution >= 4 is 0 Å². The number of alkyl halides is 2. The largest absolute Gasteiger partial charge is 0.494 e. The molecule has 0 aromatic heterocycles. The molecule has 3 N–H and O–H groups in total. The summed E-state index contributed by atoms with van der Waals surface area (Å²) in [6, 6.07) is 4.24. The summed E-state index contributed by atoms with van der Waals surface area (Å²) in [7, 11) is 1.39. The lowest BCUT2D eigenvalue weighted by Crippen LogP contribution is -2.37. The van der Waals surface area contributed by atoms with Gasteiger partial charge in [-0.2, -0.15) is 0 Å². The summed E-state index contributed by atoms with van der Waals surface area (Å²) in [6.07, 6.45) is 0.452. The molecule has 20 heavy (non-hydrogen) atoms. The summed E-state index contributed by atoms with van der Waals surface area (Å²) in [4.78, 5) is 0. The standard InChI is InChI=1S/C14H19F3N2O/c1-20-12-3-2-10(8-11(12)15)13(19-18)9-4-6-14(16,17)7-5-9/h2-3,8-9,13,19H,4-7,18H2,1H3. The zero-order valence-corrected chi connectivity index (χ0v) is 11.3. The van der Waals surface area contributed by atoms with Crippen molar-refractivity contribution in [1.82, 2.24) is 5.43 Å². The van der Waals surface area contributed by atoms with Crippen molar-refractivity contribution in [2.24, 2.45) is 11.8 Å². The Bertz CT molecular complexity index is 458. The van der Waals surface area contributed by atoms with Gasteiger partial charge in [-0.05, 0) is 36.5 Å². The van der Waals surface area contributed by atoms with Gasteiger partial charge in [0.2, 0.25) is 5.92 Å². The molecule has 1 saturated carbocycles. The predicted molar refractivity (Wildman–Crippen MR) is 69.9 cm³/mol. The Hall–Kier alpha value is -1.27. The van der Waals surface area contributed by atoms with E-state index in [1.807, 2.05) is 0 Å². The number of nitrogens with one attached hydrogen (secondary N) is 1. The second kappa shape index (κ2) is 6.01. The summed E-state index contributed by atoms with van der Waals surface area (Å²) < 4.78 is 44.9. The van der Waals surface area contributed by atoms with Crippen LogP contribution in [0.3, 0.4) is 0 Å². The molecule has 1 aliphatic rings. The van der Waals surface area contributed by atoms with Gasteiger partial charge in [0.05, 0.1) is 7.11 Å². The van der Waals surface area contributed by atoms with E-state index in [0.717, 1.165) is 0 Å². The fraction of sp³-hybridized carbons (Fsp3) is 0.571. The van der Waals surface area contributed by atoms with Crippen molar-refractivity contribution in [2.75, 3.05) is 7.11 Å². The monoisotopic (exact) mass is 288 g/mol. The molecule has 112 valence electrons. The van der Waals surface area contributed by atoms with Crippen LogP contribution >= 0.6 is 0 Å². The van der Waals surface area contributed by atoms with Gasteiger partial charge in [-0.3, -0.25) is 11.3 Å². The van der Waals surface area contributed by atoms with Gasteiger partial charge in [-0.25, -0.2) is 13.2 Å². The van der Waals surface area contributed by atoms with Gasteiger partial charge in [0.25, 0.3) is 0 Å². The Labute approximate surface area is 116 Å². The van der Waals surface area contributed by atoms with Gasteiger partial charge >= 0.3 is 0 Å². The first-order chi connectivity index (χ1) is 9.46. The van der Waals surface area contributed by atoms with Gasteiger partial charge in [-0.15, -0.1) is 0 Å². The first kappa shape index (κ1) is 15.1. The highest BCUT2D eigenvalue weighted by atomic mass is 19.3. The van der Waals surface area contributed by atoms with E-state index in [4.69, 9.17) is 10.6 Å². The topological polar surface area (TPSA) is 47.3 Å². The van der Waals surface area contributed by atoms with Crippen molar-refractivity contribution in [1.29, 1.82) is 0 Å². The quantitative estimate of drug-likeness (QED) is 0.661. The van der Waals surface area contributed by atoms with Crippen LogP contribution in [0.25, 0.3) is 0 Å². The second-order valence-electron chi connectivity index (χ2n) is 5.23. The Morgan fingerprint density at radius 2 is 2.00 bits per heavy atom. The molecule has 0 amide bonds. The van der Waals surface area contributed by atoms with Crippen molar-refractivity contribution < 1.29 is 17.9 Å². The molecule has 0 aliphatic heterocycles. The van der Waals surface area contributed by atoms with Gasteiger partial charge in [0.1, 0.15) is 0 Å². The fourth-order valence-electron chi connectivity index (χ4n) is 2.78. The van der Waals surface area contributed by atoms with E-state index in [-0.39, 0.29) is 30.6 Å². The molecule has 1 aliphatic carbocycles. The normalized spacial score (nSPS) is 20.6. The second-order valence-corrected chi connectivity index (χ2v) is 5.23. The van der Waals surface area contributed by atoms with Crippen LogP contribution < -0.4 is 16.0 Å². The molecule has 1 unspecified atom stereocenters. The molecule has 6 heteroatoms. The Kier molecular flexibility index (Phi) is 4.55. The number of nitrogens with two attached hydrogens (primary N) is 1. The first-order valence-electron chi connectivity index (χ1n) is 6.64. The highest BCUT2D eigenvalue weighted by Crippen LogP contribution is 2.41. The number of halogens is 3. The van der Waals surface area contributed by atoms with E-state index in [0.29, 0.717) is 18.4 Å². The van der Waals surface area contributed by atoms with Crippen LogP contribution in [0.1, 0.15) is 37.3 Å². The van der Waals surface area contributed by atoms with Crippen molar-refractivity contribution in [3.8, 4) is 5.75 Å². The molecule has 0 bridgehead atoms. The summed E-state index contributed by atoms with van der Waals surface area (Å²) in [5.74, 6) is 2.60. The maximum atomic E-state index is 13.7. The van der Waals surface area contributed by atoms with E-state index in [1.165, 1.54) is 19.2 Å². The smallest absolute Gasteiger partial charge is 0.248 e. The van der Waals surface area contributed by atoms with E-state index in [9.17, 15) is 13.2 Å². The lowest BCUT2D eigenvalue weighted by Gasteiger charge is -2.33. The number of methoxy groups -OCH3 is 1. The van der Waals surface area contributed by atoms with Gasteiger partial charge in [-0.1, -0.05) is 6.07 Å². The third kappa shape index (κ3) is 3.24. The third-order valence-corrected chi connectivity index (χ3v) is 3.95. The lowest BCUT2D eigenvalue weighted by atomic mass is 9.80. The maximum absolute atomic E-state index is 13.7. The Morgan fingerprint density at radius 3 is 2.50 bits per heavy atom. The Balaban J connectivity index is 2.14. The molecule has 0 spiro atoms. The summed E-state index contributed by atoms with van der Waals surface area (Å²) in [5.41, 5.74) is 3.28. The van der Waals surface area contributed by atoms with Crippen molar-refractivity contribution in [3.63, 3.8) is 0 Å². The van der Waals surface area contributed by atoms with Crippen LogP contribution in [-0.4, -0.2) is 13.0 Å². The number of hydrogen-bond acceptors (Lipinski definition) is 3. The van der Waals surface area contributed by atoms with Crippen molar-refractivity contribution in [3.05, 3.63) is 29.6 Å². The van der Waals surface area contributed by atoms with E-state index in [2.05, 4.69) is 5.43 Å². The molecular formula is C14H19F3N2O. The first-order valence-corrected chi connectivity index (χ1v) is 6.64. The van der Waals surface area contributed by atoms with Crippen molar-refractivity contribution in [2.45, 2.75) is 37.6 Å². The van der Waals surface area contributed by atoms with Crippen LogP contribution in [0.5, 0.6) is 5.75 Å². The minimum absolute atomic E-state index is 0.0209. The van der Waals surface area contributed by atoms with Crippen LogP contribution in [-0.2, 0) is 0 Å². The molecule has 0 radical (unpaired) electrons. The molecule has 3 nitrogen and oxygen atoms in total. The number of ether oxygens (including phenoxy) is 1. The highest BCUT2D eigenvalue weighted by Gasteiger charge is 2.37. The average molecular weight is 288 g/mol. The Morgan fingerprint density at radius 1 is 1.35 bits per heavy atom. The molecule has 0 heterocycles. The zero-order chi connectivity index (χ0) is 14.8. The molecule has 1 fully saturated rings. The van der Waals surface area contributed by atoms with Crippen LogP contribution in [0, 0.1) is 11.7 Å². The minimum Gasteiger partial charge on any atom is -0.494 e. The maximum Gasteiger partial charge on any atom is 0.248 e. The van der Waals surface area contributed by atoms with Crippen LogP contribution in [0.2, 0.25) is 0 Å². The molecule has 1 aromatic carbocycles. The summed E-state index contributed by atoms with van der Waals surface area (Å²) in [6.45, 7) is 0. The number of rotatable bonds is 4. The summed E-state index contributed by atoms with van der Waals surface area (Å²) >= 11 is 0. The molecule has 1 atom stereocenters. The minimum atomic E-state index is -2.58. The van der Waals surface area contributed by atoms with E-state index >= 15 is 0 Å². The van der Waals surface area contributed by atoms with Gasteiger partial charge in [0.15, 0.2) is 11.6 Å². The van der Waals surface area contributed by atoms with E-state index < -0.39 is 11.7 Å². The molecular weight excluding hydrogens is 269 g/mol. The van der Waals surface area contributed by atoms with Gasteiger partial charge in [0, 0.05) is 18.9 Å². The predicted octanol–water partition coefficient (Wildman–Crippen LogP) is 3.16. The number of benzene rings is 1. The zero-order valence-electron chi connectivity index (χ0n) is 11.3. The number of hydrogen-bond donors (Lipinski definition) is 2. The van der Waals surface area contributed by atoms with E-state index in [1.54, 1.807) is 6.07 Å². The molecule has 1 aromatic rings. The van der Waals surface area contributed by atoms with Crippen LogP contribution in [0.15, 0.2) is 18.2 Å². The fourth-order valence-corrected chi connectivity index (χ4v) is 2.78. The average Bonchev–Trinajstić information content (AvgIpc) is 2.41. The SMILES string of the molecule is COc1ccc(C(NN)C2CCC(F)(F)CC2)cc1F. The number of hydrazine groups is 1. The van der Waals surface area contributed by atoms with Crippen LogP contribution in [0.4, 0.5) is 13.2 Å². The molecule has 2 rings (SSSR count). The highest BCUT2D eigenvalue weighted by molar-refractivity contribution is 5.31.